The summed E-state index contributed by atoms with van der Waals surface area (Å²) in [5.74, 6) is -1.41. The molecule has 0 bridgehead atoms. The highest BCUT2D eigenvalue weighted by molar-refractivity contribution is 5.30. The molecule has 0 spiro atoms. The molecule has 1 unspecified atom stereocenters. The van der Waals surface area contributed by atoms with Crippen LogP contribution in [0.5, 0.6) is 0 Å². The molecule has 18 heavy (non-hydrogen) atoms. The van der Waals surface area contributed by atoms with E-state index in [0.717, 1.165) is 6.07 Å². The quantitative estimate of drug-likeness (QED) is 0.829. The molecule has 0 heterocycles. The zero-order chi connectivity index (χ0) is 14.1. The number of rotatable bonds is 2. The van der Waals surface area contributed by atoms with Crippen LogP contribution in [0.3, 0.4) is 0 Å². The number of aliphatic hydroxyl groups is 1. The first-order valence-corrected chi connectivity index (χ1v) is 5.05. The average molecular weight is 261 g/mol. The van der Waals surface area contributed by atoms with E-state index in [1.807, 2.05) is 0 Å². The minimum Gasteiger partial charge on any atom is -0.387 e. The molecule has 1 N–H and O–H groups in total. The van der Waals surface area contributed by atoms with Gasteiger partial charge in [0, 0.05) is 0 Å². The van der Waals surface area contributed by atoms with Gasteiger partial charge in [0.1, 0.15) is 5.82 Å². The van der Waals surface area contributed by atoms with Gasteiger partial charge in [-0.3, -0.25) is 0 Å². The molecule has 1 aromatic rings. The molecule has 0 aliphatic heterocycles. The Labute approximate surface area is 101 Å². The summed E-state index contributed by atoms with van der Waals surface area (Å²) in [6, 6.07) is 3.98. The smallest absolute Gasteiger partial charge is 0.387 e. The van der Waals surface area contributed by atoms with Crippen molar-refractivity contribution < 1.29 is 22.7 Å². The third kappa shape index (κ3) is 2.79. The standard InChI is InChI=1S/C12H11F4NO/c1-11(2,6-17)10(18)7-3-4-9(13)8(5-7)12(14,15)16/h3-5,10,18H,1-2H3. The van der Waals surface area contributed by atoms with Crippen molar-refractivity contribution in [2.24, 2.45) is 5.41 Å². The van der Waals surface area contributed by atoms with E-state index in [2.05, 4.69) is 0 Å². The molecule has 6 heteroatoms. The molecule has 0 fully saturated rings. The highest BCUT2D eigenvalue weighted by Crippen LogP contribution is 2.37. The van der Waals surface area contributed by atoms with Crippen molar-refractivity contribution in [3.63, 3.8) is 0 Å². The van der Waals surface area contributed by atoms with Gasteiger partial charge in [-0.2, -0.15) is 18.4 Å². The lowest BCUT2D eigenvalue weighted by atomic mass is 9.84. The normalized spacial score (nSPS) is 14.1. The summed E-state index contributed by atoms with van der Waals surface area (Å²) in [5.41, 5.74) is -2.86. The highest BCUT2D eigenvalue weighted by Gasteiger charge is 2.36. The Bertz CT molecular complexity index is 488. The maximum atomic E-state index is 13.0. The Hall–Kier alpha value is -1.61. The van der Waals surface area contributed by atoms with Gasteiger partial charge in [0.2, 0.25) is 0 Å². The van der Waals surface area contributed by atoms with Gasteiger partial charge >= 0.3 is 6.18 Å². The molecule has 0 saturated carbocycles. The average Bonchev–Trinajstić information content (AvgIpc) is 2.27. The van der Waals surface area contributed by atoms with Crippen LogP contribution in [0.4, 0.5) is 17.6 Å². The predicted molar refractivity (Wildman–Crippen MR) is 55.8 cm³/mol. The Morgan fingerprint density at radius 1 is 1.28 bits per heavy atom. The first kappa shape index (κ1) is 14.5. The van der Waals surface area contributed by atoms with Crippen molar-refractivity contribution >= 4 is 0 Å². The fraction of sp³-hybridized carbons (Fsp3) is 0.417. The van der Waals surface area contributed by atoms with Crippen molar-refractivity contribution in [2.75, 3.05) is 0 Å². The lowest BCUT2D eigenvalue weighted by Gasteiger charge is -2.24. The maximum Gasteiger partial charge on any atom is 0.419 e. The molecule has 0 aliphatic carbocycles. The van der Waals surface area contributed by atoms with Crippen LogP contribution in [-0.4, -0.2) is 5.11 Å². The lowest BCUT2D eigenvalue weighted by molar-refractivity contribution is -0.140. The van der Waals surface area contributed by atoms with Gasteiger partial charge in [0.15, 0.2) is 0 Å². The Morgan fingerprint density at radius 2 is 1.83 bits per heavy atom. The topological polar surface area (TPSA) is 44.0 Å². The predicted octanol–water partition coefficient (Wildman–Crippen LogP) is 3.43. The number of aliphatic hydroxyl groups excluding tert-OH is 1. The molecule has 98 valence electrons. The van der Waals surface area contributed by atoms with E-state index in [-0.39, 0.29) is 5.56 Å². The molecule has 1 aromatic carbocycles. The number of hydrogen-bond donors (Lipinski definition) is 1. The number of alkyl halides is 3. The van der Waals surface area contributed by atoms with Gasteiger partial charge in [-0.1, -0.05) is 6.07 Å². The zero-order valence-corrected chi connectivity index (χ0v) is 9.72. The van der Waals surface area contributed by atoms with Gasteiger partial charge in [-0.05, 0) is 31.5 Å². The monoisotopic (exact) mass is 261 g/mol. The summed E-state index contributed by atoms with van der Waals surface area (Å²) < 4.78 is 50.5. The lowest BCUT2D eigenvalue weighted by Crippen LogP contribution is -2.20. The largest absolute Gasteiger partial charge is 0.419 e. The van der Waals surface area contributed by atoms with Crippen molar-refractivity contribution in [2.45, 2.75) is 26.1 Å². The van der Waals surface area contributed by atoms with Crippen molar-refractivity contribution in [3.05, 3.63) is 35.1 Å². The highest BCUT2D eigenvalue weighted by atomic mass is 19.4. The summed E-state index contributed by atoms with van der Waals surface area (Å²) >= 11 is 0. The van der Waals surface area contributed by atoms with Gasteiger partial charge in [-0.25, -0.2) is 4.39 Å². The fourth-order valence-electron chi connectivity index (χ4n) is 1.41. The first-order valence-electron chi connectivity index (χ1n) is 5.05. The minimum atomic E-state index is -4.84. The van der Waals surface area contributed by atoms with Crippen LogP contribution in [0.1, 0.15) is 31.1 Å². The zero-order valence-electron chi connectivity index (χ0n) is 9.72. The Morgan fingerprint density at radius 3 is 2.28 bits per heavy atom. The van der Waals surface area contributed by atoms with E-state index in [1.54, 1.807) is 6.07 Å². The van der Waals surface area contributed by atoms with E-state index >= 15 is 0 Å². The van der Waals surface area contributed by atoms with Crippen LogP contribution >= 0.6 is 0 Å². The van der Waals surface area contributed by atoms with Gasteiger partial charge < -0.3 is 5.11 Å². The number of nitriles is 1. The van der Waals surface area contributed by atoms with Gasteiger partial charge in [0.25, 0.3) is 0 Å². The summed E-state index contributed by atoms with van der Waals surface area (Å²) in [6.45, 7) is 2.77. The van der Waals surface area contributed by atoms with E-state index in [1.165, 1.54) is 13.8 Å². The summed E-state index contributed by atoms with van der Waals surface area (Å²) in [7, 11) is 0. The Balaban J connectivity index is 3.27. The SMILES string of the molecule is CC(C)(C#N)C(O)c1ccc(F)c(C(F)(F)F)c1. The molecule has 0 aromatic heterocycles. The molecule has 0 saturated heterocycles. The van der Waals surface area contributed by atoms with Crippen molar-refractivity contribution in [1.29, 1.82) is 5.26 Å². The maximum absolute atomic E-state index is 13.0. The molecular formula is C12H11F4NO. The Kier molecular flexibility index (Phi) is 3.67. The second-order valence-corrected chi connectivity index (χ2v) is 4.47. The third-order valence-electron chi connectivity index (χ3n) is 2.58. The third-order valence-corrected chi connectivity index (χ3v) is 2.58. The van der Waals surface area contributed by atoms with E-state index < -0.39 is 29.1 Å². The van der Waals surface area contributed by atoms with E-state index in [4.69, 9.17) is 5.26 Å². The number of hydrogen-bond acceptors (Lipinski definition) is 2. The van der Waals surface area contributed by atoms with Crippen molar-refractivity contribution in [1.82, 2.24) is 0 Å². The molecule has 1 atom stereocenters. The van der Waals surface area contributed by atoms with Crippen molar-refractivity contribution in [3.8, 4) is 6.07 Å². The number of benzene rings is 1. The second kappa shape index (κ2) is 4.58. The van der Waals surface area contributed by atoms with Gasteiger partial charge in [0.05, 0.1) is 23.2 Å². The molecule has 1 rings (SSSR count). The minimum absolute atomic E-state index is 0.143. The molecule has 0 radical (unpaired) electrons. The molecule has 0 aliphatic rings. The molecule has 0 amide bonds. The number of nitrogens with zero attached hydrogens (tertiary/aromatic N) is 1. The second-order valence-electron chi connectivity index (χ2n) is 4.47. The fourth-order valence-corrected chi connectivity index (χ4v) is 1.41. The van der Waals surface area contributed by atoms with Crippen LogP contribution in [0.2, 0.25) is 0 Å². The van der Waals surface area contributed by atoms with E-state index in [9.17, 15) is 22.7 Å². The van der Waals surface area contributed by atoms with E-state index in [0.29, 0.717) is 12.1 Å². The van der Waals surface area contributed by atoms with Gasteiger partial charge in [-0.15, -0.1) is 0 Å². The molecular weight excluding hydrogens is 250 g/mol. The van der Waals surface area contributed by atoms with Crippen LogP contribution in [0.25, 0.3) is 0 Å². The van der Waals surface area contributed by atoms with Crippen LogP contribution < -0.4 is 0 Å². The molecule has 2 nitrogen and oxygen atoms in total. The van der Waals surface area contributed by atoms with Crippen LogP contribution in [0, 0.1) is 22.6 Å². The first-order chi connectivity index (χ1) is 8.09. The summed E-state index contributed by atoms with van der Waals surface area (Å²) in [6.07, 6.45) is -6.26. The van der Waals surface area contributed by atoms with Crippen LogP contribution in [-0.2, 0) is 6.18 Å². The number of halogens is 4. The van der Waals surface area contributed by atoms with Crippen LogP contribution in [0.15, 0.2) is 18.2 Å². The summed E-state index contributed by atoms with van der Waals surface area (Å²) in [5, 5.41) is 18.6. The summed E-state index contributed by atoms with van der Waals surface area (Å²) in [4.78, 5) is 0.